The highest BCUT2D eigenvalue weighted by atomic mass is 16.5. The van der Waals surface area contributed by atoms with Gasteiger partial charge in [0.05, 0.1) is 6.61 Å². The van der Waals surface area contributed by atoms with Gasteiger partial charge in [-0.25, -0.2) is 0 Å². The first-order valence-electron chi connectivity index (χ1n) is 9.23. The Hall–Kier alpha value is -2.81. The molecule has 3 aromatic carbocycles. The van der Waals surface area contributed by atoms with E-state index in [0.717, 1.165) is 29.7 Å². The summed E-state index contributed by atoms with van der Waals surface area (Å²) >= 11 is 0. The summed E-state index contributed by atoms with van der Waals surface area (Å²) < 4.78 is 5.69. The molecule has 0 aliphatic heterocycles. The number of carbonyl (C=O) groups excluding carboxylic acids is 1. The molecule has 3 heteroatoms. The third-order valence-electron chi connectivity index (χ3n) is 4.99. The molecule has 0 radical (unpaired) electrons. The second-order valence-corrected chi connectivity index (χ2v) is 6.93. The number of aryl methyl sites for hydroxylation is 3. The van der Waals surface area contributed by atoms with Gasteiger partial charge in [-0.2, -0.15) is 0 Å². The van der Waals surface area contributed by atoms with Crippen molar-refractivity contribution in [3.8, 4) is 5.75 Å². The van der Waals surface area contributed by atoms with Gasteiger partial charge in [-0.05, 0) is 60.9 Å². The summed E-state index contributed by atoms with van der Waals surface area (Å²) in [6, 6.07) is 18.5. The van der Waals surface area contributed by atoms with Crippen molar-refractivity contribution in [2.24, 2.45) is 0 Å². The van der Waals surface area contributed by atoms with E-state index in [9.17, 15) is 4.79 Å². The van der Waals surface area contributed by atoms with Crippen molar-refractivity contribution in [3.05, 3.63) is 71.3 Å². The first-order valence-corrected chi connectivity index (χ1v) is 9.23. The summed E-state index contributed by atoms with van der Waals surface area (Å²) in [6.07, 6.45) is 3.34. The Labute approximate surface area is 154 Å². The number of nitrogens with one attached hydrogen (secondary N) is 1. The van der Waals surface area contributed by atoms with Crippen LogP contribution < -0.4 is 10.1 Å². The van der Waals surface area contributed by atoms with E-state index < -0.39 is 0 Å². The van der Waals surface area contributed by atoms with Crippen LogP contribution in [0.3, 0.4) is 0 Å². The molecule has 3 nitrogen and oxygen atoms in total. The minimum absolute atomic E-state index is 0.0382. The maximum Gasteiger partial charge on any atom is 0.224 e. The minimum atomic E-state index is 0.0382. The first kappa shape index (κ1) is 16.6. The van der Waals surface area contributed by atoms with Crippen molar-refractivity contribution >= 4 is 22.4 Å². The van der Waals surface area contributed by atoms with Gasteiger partial charge in [-0.1, -0.05) is 42.0 Å². The Balaban J connectivity index is 1.34. The fourth-order valence-electron chi connectivity index (χ4n) is 3.63. The van der Waals surface area contributed by atoms with Gasteiger partial charge in [-0.3, -0.25) is 4.79 Å². The van der Waals surface area contributed by atoms with Crippen molar-refractivity contribution in [2.75, 3.05) is 11.9 Å². The number of amides is 1. The topological polar surface area (TPSA) is 38.3 Å². The third kappa shape index (κ3) is 3.43. The molecule has 1 N–H and O–H groups in total. The van der Waals surface area contributed by atoms with E-state index in [-0.39, 0.29) is 5.91 Å². The van der Waals surface area contributed by atoms with Crippen LogP contribution in [0.25, 0.3) is 10.8 Å². The molecule has 1 aliphatic carbocycles. The van der Waals surface area contributed by atoms with Crippen LogP contribution in [-0.4, -0.2) is 12.5 Å². The van der Waals surface area contributed by atoms with Gasteiger partial charge in [-0.15, -0.1) is 0 Å². The van der Waals surface area contributed by atoms with Crippen LogP contribution in [0.15, 0.2) is 54.6 Å². The van der Waals surface area contributed by atoms with E-state index in [1.807, 2.05) is 37.3 Å². The molecular formula is C23H23NO2. The van der Waals surface area contributed by atoms with Crippen molar-refractivity contribution in [2.45, 2.75) is 32.6 Å². The van der Waals surface area contributed by atoms with Gasteiger partial charge < -0.3 is 10.1 Å². The minimum Gasteiger partial charge on any atom is -0.494 e. The number of hydrogen-bond acceptors (Lipinski definition) is 2. The van der Waals surface area contributed by atoms with Gasteiger partial charge in [0.1, 0.15) is 5.75 Å². The molecule has 1 amide bonds. The lowest BCUT2D eigenvalue weighted by Crippen LogP contribution is -2.13. The standard InChI is InChI=1S/C23H23NO2/c1-16-7-12-19(13-8-16)26-15-3-6-22(25)24-21-14-11-18-10-9-17-4-2-5-20(21)23(17)18/h2,4-5,7-8,11-14H,3,6,9-10,15H2,1H3,(H,24,25). The van der Waals surface area contributed by atoms with Crippen molar-refractivity contribution in [1.29, 1.82) is 0 Å². The third-order valence-corrected chi connectivity index (χ3v) is 4.99. The highest BCUT2D eigenvalue weighted by molar-refractivity contribution is 6.05. The van der Waals surface area contributed by atoms with Crippen molar-refractivity contribution in [3.63, 3.8) is 0 Å². The summed E-state index contributed by atoms with van der Waals surface area (Å²) in [5.74, 6) is 0.889. The highest BCUT2D eigenvalue weighted by Gasteiger charge is 2.16. The molecular weight excluding hydrogens is 322 g/mol. The van der Waals surface area contributed by atoms with E-state index in [1.54, 1.807) is 0 Å². The second kappa shape index (κ2) is 7.20. The summed E-state index contributed by atoms with van der Waals surface area (Å²) in [7, 11) is 0. The normalized spacial score (nSPS) is 12.3. The van der Waals surface area contributed by atoms with Gasteiger partial charge in [0.25, 0.3) is 0 Å². The average molecular weight is 345 g/mol. The van der Waals surface area contributed by atoms with Crippen LogP contribution in [0, 0.1) is 6.92 Å². The van der Waals surface area contributed by atoms with Gasteiger partial charge in [0.2, 0.25) is 5.91 Å². The van der Waals surface area contributed by atoms with Crippen LogP contribution in [-0.2, 0) is 17.6 Å². The molecule has 0 aromatic heterocycles. The Morgan fingerprint density at radius 1 is 1.00 bits per heavy atom. The molecule has 0 saturated heterocycles. The van der Waals surface area contributed by atoms with E-state index in [4.69, 9.17) is 4.74 Å². The SMILES string of the molecule is Cc1ccc(OCCCC(=O)Nc2ccc3c4c(cccc24)CC3)cc1. The predicted molar refractivity (Wildman–Crippen MR) is 106 cm³/mol. The lowest BCUT2D eigenvalue weighted by Gasteiger charge is -2.11. The van der Waals surface area contributed by atoms with Gasteiger partial charge >= 0.3 is 0 Å². The number of rotatable bonds is 6. The van der Waals surface area contributed by atoms with Gasteiger partial charge in [0, 0.05) is 17.5 Å². The zero-order valence-electron chi connectivity index (χ0n) is 15.0. The van der Waals surface area contributed by atoms with Gasteiger partial charge in [0.15, 0.2) is 0 Å². The number of ether oxygens (including phenoxy) is 1. The molecule has 26 heavy (non-hydrogen) atoms. The molecule has 3 aromatic rings. The van der Waals surface area contributed by atoms with Crippen LogP contribution in [0.4, 0.5) is 5.69 Å². The highest BCUT2D eigenvalue weighted by Crippen LogP contribution is 2.35. The molecule has 1 aliphatic rings. The molecule has 0 spiro atoms. The van der Waals surface area contributed by atoms with Crippen LogP contribution >= 0.6 is 0 Å². The molecule has 0 unspecified atom stereocenters. The largest absolute Gasteiger partial charge is 0.494 e. The van der Waals surface area contributed by atoms with E-state index >= 15 is 0 Å². The summed E-state index contributed by atoms with van der Waals surface area (Å²) in [5.41, 5.74) is 4.90. The predicted octanol–water partition coefficient (Wildman–Crippen LogP) is 5.04. The number of anilines is 1. The molecule has 132 valence electrons. The molecule has 0 bridgehead atoms. The van der Waals surface area contributed by atoms with Crippen molar-refractivity contribution < 1.29 is 9.53 Å². The Morgan fingerprint density at radius 3 is 2.58 bits per heavy atom. The van der Waals surface area contributed by atoms with Crippen LogP contribution in [0.2, 0.25) is 0 Å². The lowest BCUT2D eigenvalue weighted by atomic mass is 10.0. The molecule has 4 rings (SSSR count). The maximum atomic E-state index is 12.3. The van der Waals surface area contributed by atoms with Crippen molar-refractivity contribution in [1.82, 2.24) is 0 Å². The molecule has 0 atom stereocenters. The monoisotopic (exact) mass is 345 g/mol. The second-order valence-electron chi connectivity index (χ2n) is 6.93. The number of hydrogen-bond donors (Lipinski definition) is 1. The zero-order chi connectivity index (χ0) is 17.9. The summed E-state index contributed by atoms with van der Waals surface area (Å²) in [6.45, 7) is 2.59. The first-order chi connectivity index (χ1) is 12.7. The number of carbonyl (C=O) groups is 1. The van der Waals surface area contributed by atoms with Crippen LogP contribution in [0.5, 0.6) is 5.75 Å². The number of benzene rings is 3. The van der Waals surface area contributed by atoms with E-state index in [2.05, 4.69) is 29.6 Å². The fourth-order valence-corrected chi connectivity index (χ4v) is 3.63. The van der Waals surface area contributed by atoms with E-state index in [0.29, 0.717) is 19.4 Å². The molecule has 0 heterocycles. The van der Waals surface area contributed by atoms with Crippen LogP contribution in [0.1, 0.15) is 29.5 Å². The fraction of sp³-hybridized carbons (Fsp3) is 0.261. The Kier molecular flexibility index (Phi) is 4.61. The average Bonchev–Trinajstić information content (AvgIpc) is 3.07. The quantitative estimate of drug-likeness (QED) is 0.635. The maximum absolute atomic E-state index is 12.3. The summed E-state index contributed by atoms with van der Waals surface area (Å²) in [5, 5.41) is 5.56. The zero-order valence-corrected chi connectivity index (χ0v) is 15.0. The smallest absolute Gasteiger partial charge is 0.224 e. The molecule has 0 saturated carbocycles. The Bertz CT molecular complexity index is 934. The Morgan fingerprint density at radius 2 is 1.77 bits per heavy atom. The van der Waals surface area contributed by atoms with E-state index in [1.165, 1.54) is 22.1 Å². The molecule has 0 fully saturated rings. The summed E-state index contributed by atoms with van der Waals surface area (Å²) in [4.78, 5) is 12.3. The lowest BCUT2D eigenvalue weighted by molar-refractivity contribution is -0.116.